The summed E-state index contributed by atoms with van der Waals surface area (Å²) in [6.45, 7) is 5.79. The molecule has 3 heteroatoms. The third kappa shape index (κ3) is 2.98. The predicted octanol–water partition coefficient (Wildman–Crippen LogP) is 2.41. The first-order valence-corrected chi connectivity index (χ1v) is 8.25. The molecule has 3 nitrogen and oxygen atoms in total. The molecule has 1 aliphatic heterocycles. The number of ether oxygens (including phenoxy) is 1. The normalized spacial score (nSPS) is 33.5. The first kappa shape index (κ1) is 13.8. The fourth-order valence-corrected chi connectivity index (χ4v) is 4.10. The van der Waals surface area contributed by atoms with Crippen LogP contribution < -0.4 is 5.32 Å². The molecular weight excluding hydrogens is 236 g/mol. The summed E-state index contributed by atoms with van der Waals surface area (Å²) in [5, 5.41) is 3.88. The van der Waals surface area contributed by atoms with Gasteiger partial charge in [0.2, 0.25) is 0 Å². The third-order valence-corrected chi connectivity index (χ3v) is 5.64. The van der Waals surface area contributed by atoms with E-state index in [4.69, 9.17) is 4.74 Å². The molecule has 0 aromatic rings. The zero-order valence-electron chi connectivity index (χ0n) is 12.7. The maximum atomic E-state index is 5.54. The summed E-state index contributed by atoms with van der Waals surface area (Å²) in [6.07, 6.45) is 10.3. The van der Waals surface area contributed by atoms with Gasteiger partial charge < -0.3 is 10.1 Å². The lowest BCUT2D eigenvalue weighted by Crippen LogP contribution is -2.66. The van der Waals surface area contributed by atoms with Crippen LogP contribution in [0.5, 0.6) is 0 Å². The standard InChI is InChI=1S/C16H30N2O/c1-13(19-2)10-18-11-15(14-6-7-14)17-12-16(18)8-4-3-5-9-16/h13-15,17H,3-12H2,1-2H3. The van der Waals surface area contributed by atoms with Crippen molar-refractivity contribution >= 4 is 0 Å². The molecule has 110 valence electrons. The zero-order valence-corrected chi connectivity index (χ0v) is 12.7. The molecule has 1 N–H and O–H groups in total. The molecule has 3 rings (SSSR count). The van der Waals surface area contributed by atoms with E-state index in [0.29, 0.717) is 11.6 Å². The van der Waals surface area contributed by atoms with E-state index in [2.05, 4.69) is 17.1 Å². The van der Waals surface area contributed by atoms with Crippen molar-refractivity contribution in [1.29, 1.82) is 0 Å². The van der Waals surface area contributed by atoms with Gasteiger partial charge in [-0.15, -0.1) is 0 Å². The lowest BCUT2D eigenvalue weighted by molar-refractivity contribution is -0.0285. The van der Waals surface area contributed by atoms with Gasteiger partial charge in [-0.3, -0.25) is 4.90 Å². The fourth-order valence-electron chi connectivity index (χ4n) is 4.10. The Bertz CT molecular complexity index is 297. The van der Waals surface area contributed by atoms with E-state index in [1.54, 1.807) is 0 Å². The molecule has 1 heterocycles. The monoisotopic (exact) mass is 266 g/mol. The van der Waals surface area contributed by atoms with E-state index < -0.39 is 0 Å². The number of nitrogens with zero attached hydrogens (tertiary/aromatic N) is 1. The van der Waals surface area contributed by atoms with Gasteiger partial charge in [-0.2, -0.15) is 0 Å². The van der Waals surface area contributed by atoms with Crippen molar-refractivity contribution in [3.8, 4) is 0 Å². The van der Waals surface area contributed by atoms with Gasteiger partial charge in [-0.1, -0.05) is 19.3 Å². The highest BCUT2D eigenvalue weighted by Gasteiger charge is 2.45. The van der Waals surface area contributed by atoms with Crippen molar-refractivity contribution in [1.82, 2.24) is 10.2 Å². The van der Waals surface area contributed by atoms with Gasteiger partial charge in [0, 0.05) is 38.3 Å². The van der Waals surface area contributed by atoms with E-state index >= 15 is 0 Å². The number of nitrogens with one attached hydrogen (secondary N) is 1. The molecule has 1 saturated heterocycles. The third-order valence-electron chi connectivity index (χ3n) is 5.64. The summed E-state index contributed by atoms with van der Waals surface area (Å²) in [6, 6.07) is 0.747. The lowest BCUT2D eigenvalue weighted by Gasteiger charge is -2.53. The Hall–Kier alpha value is -0.120. The van der Waals surface area contributed by atoms with Gasteiger partial charge >= 0.3 is 0 Å². The van der Waals surface area contributed by atoms with Crippen LogP contribution in [0.15, 0.2) is 0 Å². The van der Waals surface area contributed by atoms with Crippen LogP contribution >= 0.6 is 0 Å². The minimum absolute atomic E-state index is 0.358. The zero-order chi connectivity index (χ0) is 13.3. The van der Waals surface area contributed by atoms with Gasteiger partial charge in [0.1, 0.15) is 0 Å². The Kier molecular flexibility index (Phi) is 4.16. The maximum Gasteiger partial charge on any atom is 0.0670 e. The molecule has 0 radical (unpaired) electrons. The predicted molar refractivity (Wildman–Crippen MR) is 78.4 cm³/mol. The van der Waals surface area contributed by atoms with Crippen molar-refractivity contribution < 1.29 is 4.74 Å². The summed E-state index contributed by atoms with van der Waals surface area (Å²) < 4.78 is 5.54. The van der Waals surface area contributed by atoms with Crippen LogP contribution in [0.3, 0.4) is 0 Å². The first-order valence-electron chi connectivity index (χ1n) is 8.25. The Balaban J connectivity index is 1.69. The molecular formula is C16H30N2O. The Morgan fingerprint density at radius 2 is 2.00 bits per heavy atom. The molecule has 3 fully saturated rings. The largest absolute Gasteiger partial charge is 0.380 e. The summed E-state index contributed by atoms with van der Waals surface area (Å²) in [7, 11) is 1.85. The molecule has 2 aliphatic carbocycles. The highest BCUT2D eigenvalue weighted by molar-refractivity contribution is 5.03. The summed E-state index contributed by atoms with van der Waals surface area (Å²) in [5.74, 6) is 0.960. The molecule has 0 aromatic heterocycles. The summed E-state index contributed by atoms with van der Waals surface area (Å²) in [5.41, 5.74) is 0.441. The number of piperazine rings is 1. The lowest BCUT2D eigenvalue weighted by atomic mass is 9.78. The maximum absolute atomic E-state index is 5.54. The van der Waals surface area contributed by atoms with Crippen molar-refractivity contribution in [3.63, 3.8) is 0 Å². The minimum Gasteiger partial charge on any atom is -0.380 e. The summed E-state index contributed by atoms with van der Waals surface area (Å²) >= 11 is 0. The van der Waals surface area contributed by atoms with Crippen LogP contribution in [-0.4, -0.2) is 49.3 Å². The number of rotatable bonds is 4. The molecule has 2 atom stereocenters. The smallest absolute Gasteiger partial charge is 0.0670 e. The van der Waals surface area contributed by atoms with Crippen molar-refractivity contribution in [3.05, 3.63) is 0 Å². The molecule has 2 unspecified atom stereocenters. The second kappa shape index (κ2) is 5.71. The van der Waals surface area contributed by atoms with Crippen LogP contribution in [0.4, 0.5) is 0 Å². The molecule has 0 bridgehead atoms. The van der Waals surface area contributed by atoms with Crippen molar-refractivity contribution in [2.75, 3.05) is 26.7 Å². The topological polar surface area (TPSA) is 24.5 Å². The van der Waals surface area contributed by atoms with Crippen LogP contribution in [0, 0.1) is 5.92 Å². The van der Waals surface area contributed by atoms with Gasteiger partial charge in [-0.05, 0) is 38.5 Å². The van der Waals surface area contributed by atoms with E-state index in [0.717, 1.165) is 18.5 Å². The average Bonchev–Trinajstić information content (AvgIpc) is 3.27. The highest BCUT2D eigenvalue weighted by atomic mass is 16.5. The van der Waals surface area contributed by atoms with E-state index in [-0.39, 0.29) is 0 Å². The van der Waals surface area contributed by atoms with Crippen molar-refractivity contribution in [2.45, 2.75) is 69.6 Å². The van der Waals surface area contributed by atoms with Crippen LogP contribution in [0.1, 0.15) is 51.9 Å². The summed E-state index contributed by atoms with van der Waals surface area (Å²) in [4.78, 5) is 2.79. The average molecular weight is 266 g/mol. The van der Waals surface area contributed by atoms with Crippen molar-refractivity contribution in [2.24, 2.45) is 5.92 Å². The van der Waals surface area contributed by atoms with Gasteiger partial charge in [-0.25, -0.2) is 0 Å². The number of hydrogen-bond acceptors (Lipinski definition) is 3. The molecule has 0 aromatic carbocycles. The number of methoxy groups -OCH3 is 1. The van der Waals surface area contributed by atoms with E-state index in [1.165, 1.54) is 58.0 Å². The molecule has 1 spiro atoms. The fraction of sp³-hybridized carbons (Fsp3) is 1.00. The van der Waals surface area contributed by atoms with Gasteiger partial charge in [0.15, 0.2) is 0 Å². The van der Waals surface area contributed by atoms with Crippen LogP contribution in [-0.2, 0) is 4.74 Å². The Morgan fingerprint density at radius 1 is 1.26 bits per heavy atom. The Labute approximate surface area is 118 Å². The highest BCUT2D eigenvalue weighted by Crippen LogP contribution is 2.40. The second-order valence-electron chi connectivity index (χ2n) is 7.06. The molecule has 3 aliphatic rings. The van der Waals surface area contributed by atoms with Gasteiger partial charge in [0.25, 0.3) is 0 Å². The molecule has 19 heavy (non-hydrogen) atoms. The first-order chi connectivity index (χ1) is 9.23. The SMILES string of the molecule is COC(C)CN1CC(C2CC2)NCC12CCCCC2. The number of hydrogen-bond donors (Lipinski definition) is 1. The Morgan fingerprint density at radius 3 is 2.63 bits per heavy atom. The molecule has 2 saturated carbocycles. The second-order valence-corrected chi connectivity index (χ2v) is 7.06. The van der Waals surface area contributed by atoms with E-state index in [9.17, 15) is 0 Å². The van der Waals surface area contributed by atoms with Gasteiger partial charge in [0.05, 0.1) is 6.10 Å². The van der Waals surface area contributed by atoms with E-state index in [1.807, 2.05) is 7.11 Å². The van der Waals surface area contributed by atoms with Crippen LogP contribution in [0.25, 0.3) is 0 Å². The molecule has 0 amide bonds. The van der Waals surface area contributed by atoms with Crippen LogP contribution in [0.2, 0.25) is 0 Å². The minimum atomic E-state index is 0.358. The quantitative estimate of drug-likeness (QED) is 0.845.